The minimum atomic E-state index is -0.527. The number of benzene rings is 1. The number of methoxy groups -OCH3 is 1. The summed E-state index contributed by atoms with van der Waals surface area (Å²) in [5, 5.41) is 14.5. The van der Waals surface area contributed by atoms with Gasteiger partial charge >= 0.3 is 5.69 Å². The third-order valence-electron chi connectivity index (χ3n) is 2.89. The van der Waals surface area contributed by atoms with Gasteiger partial charge in [-0.05, 0) is 18.6 Å². The first-order chi connectivity index (χ1) is 10.1. The van der Waals surface area contributed by atoms with Gasteiger partial charge in [0.25, 0.3) is 5.89 Å². The first-order valence-corrected chi connectivity index (χ1v) is 6.81. The first-order valence-electron chi connectivity index (χ1n) is 6.37. The lowest BCUT2D eigenvalue weighted by molar-refractivity contribution is -0.385. The number of ether oxygens (including phenoxy) is 1. The van der Waals surface area contributed by atoms with E-state index in [1.807, 2.05) is 6.92 Å². The van der Waals surface area contributed by atoms with E-state index in [4.69, 9.17) is 20.9 Å². The largest absolute Gasteiger partial charge is 0.490 e. The highest BCUT2D eigenvalue weighted by Crippen LogP contribution is 2.32. The van der Waals surface area contributed by atoms with Gasteiger partial charge in [0.1, 0.15) is 0 Å². The van der Waals surface area contributed by atoms with Crippen LogP contribution in [-0.4, -0.2) is 22.2 Å². The summed E-state index contributed by atoms with van der Waals surface area (Å²) in [6, 6.07) is 4.44. The highest BCUT2D eigenvalue weighted by atomic mass is 35.5. The van der Waals surface area contributed by atoms with Gasteiger partial charge in [-0.25, -0.2) is 0 Å². The third kappa shape index (κ3) is 3.30. The Morgan fingerprint density at radius 3 is 2.90 bits per heavy atom. The molecule has 0 aliphatic rings. The zero-order chi connectivity index (χ0) is 15.4. The summed E-state index contributed by atoms with van der Waals surface area (Å²) >= 11 is 6.12. The van der Waals surface area contributed by atoms with E-state index in [1.165, 1.54) is 19.2 Å². The molecule has 0 saturated heterocycles. The predicted molar refractivity (Wildman–Crippen MR) is 76.4 cm³/mol. The molecule has 0 amide bonds. The van der Waals surface area contributed by atoms with Crippen LogP contribution >= 0.6 is 11.6 Å². The number of hydrogen-bond donors (Lipinski definition) is 0. The summed E-state index contributed by atoms with van der Waals surface area (Å²) in [4.78, 5) is 14.7. The zero-order valence-electron chi connectivity index (χ0n) is 11.6. The molecular weight excluding hydrogens is 298 g/mol. The fourth-order valence-electron chi connectivity index (χ4n) is 1.83. The second-order valence-corrected chi connectivity index (χ2v) is 4.88. The maximum atomic E-state index is 11.0. The van der Waals surface area contributed by atoms with Gasteiger partial charge in [-0.2, -0.15) is 4.98 Å². The SMILES string of the molecule is CCCC(Cl)c1noc(-c2ccc(OC)c([N+](=O)[O-])c2)n1. The van der Waals surface area contributed by atoms with E-state index in [1.54, 1.807) is 6.07 Å². The van der Waals surface area contributed by atoms with E-state index in [9.17, 15) is 10.1 Å². The molecule has 1 atom stereocenters. The molecule has 8 heteroatoms. The van der Waals surface area contributed by atoms with Gasteiger partial charge in [0.2, 0.25) is 0 Å². The minimum Gasteiger partial charge on any atom is -0.490 e. The van der Waals surface area contributed by atoms with Gasteiger partial charge in [-0.1, -0.05) is 18.5 Å². The van der Waals surface area contributed by atoms with Crippen molar-refractivity contribution in [1.29, 1.82) is 0 Å². The van der Waals surface area contributed by atoms with Crippen molar-refractivity contribution in [3.63, 3.8) is 0 Å². The molecule has 0 bridgehead atoms. The number of rotatable bonds is 6. The van der Waals surface area contributed by atoms with Crippen LogP contribution in [0.2, 0.25) is 0 Å². The molecule has 7 nitrogen and oxygen atoms in total. The van der Waals surface area contributed by atoms with E-state index in [2.05, 4.69) is 10.1 Å². The molecular formula is C13H14ClN3O4. The molecule has 0 N–H and O–H groups in total. The number of aromatic nitrogens is 2. The van der Waals surface area contributed by atoms with Crippen LogP contribution in [-0.2, 0) is 0 Å². The van der Waals surface area contributed by atoms with Crippen molar-refractivity contribution in [3.8, 4) is 17.2 Å². The van der Waals surface area contributed by atoms with Crippen LogP contribution in [0.15, 0.2) is 22.7 Å². The van der Waals surface area contributed by atoms with Crippen molar-refractivity contribution in [2.24, 2.45) is 0 Å². The van der Waals surface area contributed by atoms with Crippen LogP contribution in [0.5, 0.6) is 5.75 Å². The molecule has 0 fully saturated rings. The average molecular weight is 312 g/mol. The van der Waals surface area contributed by atoms with Crippen molar-refractivity contribution in [2.75, 3.05) is 7.11 Å². The molecule has 2 aromatic rings. The summed E-state index contributed by atoms with van der Waals surface area (Å²) < 4.78 is 10.1. The number of nitro benzene ring substituents is 1. The van der Waals surface area contributed by atoms with Crippen LogP contribution in [0.25, 0.3) is 11.5 Å². The van der Waals surface area contributed by atoms with Crippen LogP contribution in [0.1, 0.15) is 31.0 Å². The fourth-order valence-corrected chi connectivity index (χ4v) is 2.13. The summed E-state index contributed by atoms with van der Waals surface area (Å²) in [7, 11) is 1.37. The number of halogens is 1. The first kappa shape index (κ1) is 15.2. The van der Waals surface area contributed by atoms with Gasteiger partial charge in [0, 0.05) is 11.6 Å². The van der Waals surface area contributed by atoms with Crippen molar-refractivity contribution in [2.45, 2.75) is 25.1 Å². The highest BCUT2D eigenvalue weighted by Gasteiger charge is 2.20. The normalized spacial score (nSPS) is 12.1. The maximum absolute atomic E-state index is 11.0. The number of hydrogen-bond acceptors (Lipinski definition) is 6. The van der Waals surface area contributed by atoms with Gasteiger partial charge in [0.05, 0.1) is 17.4 Å². The van der Waals surface area contributed by atoms with E-state index in [-0.39, 0.29) is 22.7 Å². The van der Waals surface area contributed by atoms with E-state index < -0.39 is 4.92 Å². The second-order valence-electron chi connectivity index (χ2n) is 4.36. The lowest BCUT2D eigenvalue weighted by atomic mass is 10.2. The lowest BCUT2D eigenvalue weighted by Crippen LogP contribution is -1.95. The molecule has 21 heavy (non-hydrogen) atoms. The van der Waals surface area contributed by atoms with Crippen molar-refractivity contribution in [1.82, 2.24) is 10.1 Å². The third-order valence-corrected chi connectivity index (χ3v) is 3.30. The van der Waals surface area contributed by atoms with Crippen LogP contribution in [0.3, 0.4) is 0 Å². The Morgan fingerprint density at radius 2 is 2.29 bits per heavy atom. The van der Waals surface area contributed by atoms with Crippen LogP contribution in [0, 0.1) is 10.1 Å². The monoisotopic (exact) mass is 311 g/mol. The Bertz CT molecular complexity index is 644. The smallest absolute Gasteiger partial charge is 0.311 e. The fraction of sp³-hybridized carbons (Fsp3) is 0.385. The minimum absolute atomic E-state index is 0.161. The van der Waals surface area contributed by atoms with E-state index in [0.717, 1.165) is 12.8 Å². The molecule has 1 aromatic carbocycles. The zero-order valence-corrected chi connectivity index (χ0v) is 12.3. The van der Waals surface area contributed by atoms with Gasteiger partial charge in [-0.15, -0.1) is 11.6 Å². The van der Waals surface area contributed by atoms with E-state index in [0.29, 0.717) is 11.4 Å². The summed E-state index contributed by atoms with van der Waals surface area (Å²) in [5.74, 6) is 0.745. The standard InChI is InChI=1S/C13H14ClN3O4/c1-3-4-9(14)12-15-13(21-16-12)8-5-6-11(20-2)10(7-8)17(18)19/h5-7,9H,3-4H2,1-2H3. The molecule has 1 unspecified atom stereocenters. The Kier molecular flexibility index (Phi) is 4.74. The number of alkyl halides is 1. The topological polar surface area (TPSA) is 91.3 Å². The molecule has 1 aromatic heterocycles. The molecule has 0 saturated carbocycles. The second kappa shape index (κ2) is 6.53. The maximum Gasteiger partial charge on any atom is 0.311 e. The van der Waals surface area contributed by atoms with E-state index >= 15 is 0 Å². The number of nitrogens with zero attached hydrogens (tertiary/aromatic N) is 3. The molecule has 1 heterocycles. The predicted octanol–water partition coefficient (Wildman–Crippen LogP) is 3.73. The molecule has 0 spiro atoms. The van der Waals surface area contributed by atoms with Crippen LogP contribution in [0.4, 0.5) is 5.69 Å². The molecule has 2 rings (SSSR count). The summed E-state index contributed by atoms with van der Waals surface area (Å²) in [6.45, 7) is 2.00. The van der Waals surface area contributed by atoms with Gasteiger partial charge in [0.15, 0.2) is 11.6 Å². The lowest BCUT2D eigenvalue weighted by Gasteiger charge is -2.02. The molecule has 0 aliphatic heterocycles. The molecule has 0 aliphatic carbocycles. The van der Waals surface area contributed by atoms with Crippen molar-refractivity contribution >= 4 is 17.3 Å². The van der Waals surface area contributed by atoms with Gasteiger partial charge in [-0.3, -0.25) is 10.1 Å². The van der Waals surface area contributed by atoms with Crippen LogP contribution < -0.4 is 4.74 Å². The Labute approximate surface area is 126 Å². The Morgan fingerprint density at radius 1 is 1.52 bits per heavy atom. The van der Waals surface area contributed by atoms with Gasteiger partial charge < -0.3 is 9.26 Å². The summed E-state index contributed by atoms with van der Waals surface area (Å²) in [5.41, 5.74) is 0.285. The Balaban J connectivity index is 2.34. The average Bonchev–Trinajstić information content (AvgIpc) is 2.96. The molecule has 112 valence electrons. The molecule has 0 radical (unpaired) electrons. The highest BCUT2D eigenvalue weighted by molar-refractivity contribution is 6.20. The van der Waals surface area contributed by atoms with Crippen molar-refractivity contribution in [3.05, 3.63) is 34.1 Å². The Hall–Kier alpha value is -2.15. The number of nitro groups is 1. The quantitative estimate of drug-likeness (QED) is 0.458. The summed E-state index contributed by atoms with van der Waals surface area (Å²) in [6.07, 6.45) is 1.62. The van der Waals surface area contributed by atoms with Crippen molar-refractivity contribution < 1.29 is 14.2 Å².